The minimum atomic E-state index is -0.705. The molecule has 0 amide bonds. The minimum absolute atomic E-state index is 0.659. The van der Waals surface area contributed by atoms with Crippen LogP contribution in [0.4, 0.5) is 5.69 Å². The van der Waals surface area contributed by atoms with Crippen molar-refractivity contribution < 1.29 is 5.11 Å². The third-order valence-electron chi connectivity index (χ3n) is 3.76. The Morgan fingerprint density at radius 2 is 1.84 bits per heavy atom. The van der Waals surface area contributed by atoms with E-state index in [1.807, 2.05) is 43.3 Å². The molecule has 2 rings (SSSR count). The van der Waals surface area contributed by atoms with Crippen molar-refractivity contribution in [3.8, 4) is 0 Å². The van der Waals surface area contributed by atoms with E-state index in [0.717, 1.165) is 36.9 Å². The zero-order valence-electron chi connectivity index (χ0n) is 11.6. The fourth-order valence-electron chi connectivity index (χ4n) is 2.63. The van der Waals surface area contributed by atoms with Crippen molar-refractivity contribution >= 4 is 23.0 Å². The molecule has 2 N–H and O–H groups in total. The normalized spacial score (nSPS) is 17.8. The molecular weight excluding hydrogens is 256 g/mol. The van der Waals surface area contributed by atoms with Crippen LogP contribution in [0.1, 0.15) is 37.7 Å². The molecule has 0 aliphatic heterocycles. The molecule has 3 nitrogen and oxygen atoms in total. The highest BCUT2D eigenvalue weighted by atomic mass is 32.1. The molecule has 0 unspecified atom stereocenters. The molecular formula is C15H22N2OS. The van der Waals surface area contributed by atoms with E-state index in [4.69, 9.17) is 12.2 Å². The van der Waals surface area contributed by atoms with Crippen LogP contribution in [0.3, 0.4) is 0 Å². The van der Waals surface area contributed by atoms with Crippen LogP contribution in [-0.2, 0) is 5.60 Å². The van der Waals surface area contributed by atoms with Crippen molar-refractivity contribution in [1.29, 1.82) is 0 Å². The Bertz CT molecular complexity index is 453. The Morgan fingerprint density at radius 3 is 2.47 bits per heavy atom. The Hall–Kier alpha value is -1.13. The summed E-state index contributed by atoms with van der Waals surface area (Å²) in [6.07, 6.45) is 5.06. The molecule has 4 heteroatoms. The van der Waals surface area contributed by atoms with Gasteiger partial charge < -0.3 is 15.3 Å². The molecule has 1 aliphatic rings. The quantitative estimate of drug-likeness (QED) is 0.815. The smallest absolute Gasteiger partial charge is 0.172 e. The first-order chi connectivity index (χ1) is 9.03. The van der Waals surface area contributed by atoms with E-state index in [1.165, 1.54) is 6.42 Å². The fourth-order valence-corrected chi connectivity index (χ4v) is 2.74. The van der Waals surface area contributed by atoms with Gasteiger partial charge in [-0.05, 0) is 31.1 Å². The average molecular weight is 278 g/mol. The van der Waals surface area contributed by atoms with Gasteiger partial charge in [-0.15, -0.1) is 0 Å². The highest BCUT2D eigenvalue weighted by Crippen LogP contribution is 2.40. The number of nitrogens with zero attached hydrogens (tertiary/aromatic N) is 1. The second kappa shape index (κ2) is 5.88. The van der Waals surface area contributed by atoms with Crippen molar-refractivity contribution in [3.05, 3.63) is 29.8 Å². The van der Waals surface area contributed by atoms with E-state index in [1.54, 1.807) is 0 Å². The number of thiocarbonyl (C=S) groups is 1. The van der Waals surface area contributed by atoms with Gasteiger partial charge in [0.05, 0.1) is 5.60 Å². The van der Waals surface area contributed by atoms with E-state index < -0.39 is 5.60 Å². The lowest BCUT2D eigenvalue weighted by Crippen LogP contribution is -2.32. The standard InChI is InChI=1S/C15H22N2OS/c1-17(2)14(19)16-13-9-5-4-8-12(13)15(18)10-6-3-7-11-15/h4-5,8-9,18H,3,6-7,10-11H2,1-2H3,(H,16,19). The molecule has 1 aromatic rings. The molecule has 0 radical (unpaired) electrons. The minimum Gasteiger partial charge on any atom is -0.385 e. The SMILES string of the molecule is CN(C)C(=S)Nc1ccccc1C1(O)CCCCC1. The van der Waals surface area contributed by atoms with Gasteiger partial charge in [-0.1, -0.05) is 37.5 Å². The lowest BCUT2D eigenvalue weighted by atomic mass is 9.79. The number of hydrogen-bond donors (Lipinski definition) is 2. The third-order valence-corrected chi connectivity index (χ3v) is 4.22. The predicted molar refractivity (Wildman–Crippen MR) is 83.3 cm³/mol. The van der Waals surface area contributed by atoms with Gasteiger partial charge in [0.2, 0.25) is 0 Å². The zero-order chi connectivity index (χ0) is 13.9. The van der Waals surface area contributed by atoms with E-state index in [0.29, 0.717) is 5.11 Å². The van der Waals surface area contributed by atoms with Crippen LogP contribution in [0, 0.1) is 0 Å². The number of rotatable bonds is 2. The van der Waals surface area contributed by atoms with E-state index >= 15 is 0 Å². The Labute approximate surface area is 120 Å². The molecule has 0 atom stereocenters. The summed E-state index contributed by atoms with van der Waals surface area (Å²) >= 11 is 5.29. The molecule has 0 heterocycles. The molecule has 0 bridgehead atoms. The summed E-state index contributed by atoms with van der Waals surface area (Å²) in [5.74, 6) is 0. The second-order valence-electron chi connectivity index (χ2n) is 5.46. The number of anilines is 1. The van der Waals surface area contributed by atoms with Crippen LogP contribution in [0.2, 0.25) is 0 Å². The van der Waals surface area contributed by atoms with Gasteiger partial charge in [-0.3, -0.25) is 0 Å². The summed E-state index contributed by atoms with van der Waals surface area (Å²) in [7, 11) is 3.82. The monoisotopic (exact) mass is 278 g/mol. The van der Waals surface area contributed by atoms with Crippen molar-refractivity contribution in [2.45, 2.75) is 37.7 Å². The molecule has 0 spiro atoms. The highest BCUT2D eigenvalue weighted by Gasteiger charge is 2.33. The predicted octanol–water partition coefficient (Wildman–Crippen LogP) is 3.10. The lowest BCUT2D eigenvalue weighted by molar-refractivity contribution is 0.0000655. The van der Waals surface area contributed by atoms with E-state index in [9.17, 15) is 5.11 Å². The number of hydrogen-bond acceptors (Lipinski definition) is 2. The highest BCUT2D eigenvalue weighted by molar-refractivity contribution is 7.80. The van der Waals surface area contributed by atoms with Crippen molar-refractivity contribution in [3.63, 3.8) is 0 Å². The van der Waals surface area contributed by atoms with Gasteiger partial charge in [0, 0.05) is 25.3 Å². The summed E-state index contributed by atoms with van der Waals surface area (Å²) in [6, 6.07) is 7.94. The van der Waals surface area contributed by atoms with Gasteiger partial charge in [0.1, 0.15) is 0 Å². The molecule has 1 fully saturated rings. The van der Waals surface area contributed by atoms with Gasteiger partial charge >= 0.3 is 0 Å². The van der Waals surface area contributed by atoms with Crippen LogP contribution in [0.25, 0.3) is 0 Å². The van der Waals surface area contributed by atoms with E-state index in [-0.39, 0.29) is 0 Å². The molecule has 1 aliphatic carbocycles. The maximum Gasteiger partial charge on any atom is 0.172 e. The van der Waals surface area contributed by atoms with Gasteiger partial charge in [0.15, 0.2) is 5.11 Å². The maximum atomic E-state index is 10.9. The fraction of sp³-hybridized carbons (Fsp3) is 0.533. The van der Waals surface area contributed by atoms with Crippen LogP contribution in [0.15, 0.2) is 24.3 Å². The first-order valence-corrected chi connectivity index (χ1v) is 7.24. The Morgan fingerprint density at radius 1 is 1.21 bits per heavy atom. The largest absolute Gasteiger partial charge is 0.385 e. The summed E-state index contributed by atoms with van der Waals surface area (Å²) in [4.78, 5) is 1.86. The lowest BCUT2D eigenvalue weighted by Gasteiger charge is -2.34. The van der Waals surface area contributed by atoms with Crippen LogP contribution >= 0.6 is 12.2 Å². The molecule has 104 valence electrons. The van der Waals surface area contributed by atoms with Gasteiger partial charge in [-0.25, -0.2) is 0 Å². The molecule has 1 aromatic carbocycles. The molecule has 19 heavy (non-hydrogen) atoms. The zero-order valence-corrected chi connectivity index (χ0v) is 12.5. The summed E-state index contributed by atoms with van der Waals surface area (Å²) in [6.45, 7) is 0. The van der Waals surface area contributed by atoms with Crippen molar-refractivity contribution in [2.75, 3.05) is 19.4 Å². The molecule has 0 aromatic heterocycles. The van der Waals surface area contributed by atoms with Crippen molar-refractivity contribution in [2.24, 2.45) is 0 Å². The summed E-state index contributed by atoms with van der Waals surface area (Å²) < 4.78 is 0. The second-order valence-corrected chi connectivity index (χ2v) is 5.85. The number of benzene rings is 1. The Kier molecular flexibility index (Phi) is 4.42. The molecule has 0 saturated heterocycles. The van der Waals surface area contributed by atoms with Crippen LogP contribution in [0.5, 0.6) is 0 Å². The molecule has 1 saturated carbocycles. The number of nitrogens with one attached hydrogen (secondary N) is 1. The van der Waals surface area contributed by atoms with Gasteiger partial charge in [0.25, 0.3) is 0 Å². The number of aliphatic hydroxyl groups is 1. The number of para-hydroxylation sites is 1. The average Bonchev–Trinajstić information content (AvgIpc) is 2.40. The first-order valence-electron chi connectivity index (χ1n) is 6.83. The Balaban J connectivity index is 2.27. The van der Waals surface area contributed by atoms with E-state index in [2.05, 4.69) is 5.32 Å². The third kappa shape index (κ3) is 3.25. The summed E-state index contributed by atoms with van der Waals surface area (Å²) in [5.41, 5.74) is 1.19. The summed E-state index contributed by atoms with van der Waals surface area (Å²) in [5, 5.41) is 14.8. The van der Waals surface area contributed by atoms with Crippen LogP contribution < -0.4 is 5.32 Å². The van der Waals surface area contributed by atoms with Crippen LogP contribution in [-0.4, -0.2) is 29.2 Å². The van der Waals surface area contributed by atoms with Crippen molar-refractivity contribution in [1.82, 2.24) is 4.90 Å². The maximum absolute atomic E-state index is 10.9. The first kappa shape index (κ1) is 14.3. The topological polar surface area (TPSA) is 35.5 Å². The van der Waals surface area contributed by atoms with Gasteiger partial charge in [-0.2, -0.15) is 0 Å².